The SMILES string of the molecule is CC(C)(C)c1cc(NC(=O)Nc2ccc(Oc3ccnc(NS(C)(=O)=O)c3)cc2F)n(-c2ccc3ncncc3c2)n1. The van der Waals surface area contributed by atoms with E-state index in [-0.39, 0.29) is 28.4 Å². The summed E-state index contributed by atoms with van der Waals surface area (Å²) >= 11 is 0. The molecule has 3 heterocycles. The Bertz CT molecular complexity index is 1900. The smallest absolute Gasteiger partial charge is 0.324 e. The Morgan fingerprint density at radius 2 is 1.76 bits per heavy atom. The molecule has 0 unspecified atom stereocenters. The van der Waals surface area contributed by atoms with Gasteiger partial charge in [-0.2, -0.15) is 5.10 Å². The molecule has 5 aromatic rings. The van der Waals surface area contributed by atoms with Crippen LogP contribution in [0.3, 0.4) is 0 Å². The predicted molar refractivity (Wildman–Crippen MR) is 157 cm³/mol. The summed E-state index contributed by atoms with van der Waals surface area (Å²) in [6.45, 7) is 6.02. The van der Waals surface area contributed by atoms with Crippen LogP contribution in [-0.2, 0) is 15.4 Å². The van der Waals surface area contributed by atoms with Crippen molar-refractivity contribution in [2.45, 2.75) is 26.2 Å². The second kappa shape index (κ2) is 11.0. The van der Waals surface area contributed by atoms with Gasteiger partial charge in [0, 0.05) is 41.4 Å². The van der Waals surface area contributed by atoms with Gasteiger partial charge in [0.2, 0.25) is 10.0 Å². The van der Waals surface area contributed by atoms with E-state index in [2.05, 4.69) is 30.3 Å². The Balaban J connectivity index is 1.33. The van der Waals surface area contributed by atoms with Crippen LogP contribution in [0.15, 0.2) is 73.3 Å². The molecule has 5 rings (SSSR count). The number of amides is 2. The van der Waals surface area contributed by atoms with Gasteiger partial charge in [-0.15, -0.1) is 0 Å². The summed E-state index contributed by atoms with van der Waals surface area (Å²) in [7, 11) is -3.53. The Morgan fingerprint density at radius 3 is 2.50 bits per heavy atom. The van der Waals surface area contributed by atoms with Crippen LogP contribution < -0.4 is 20.1 Å². The van der Waals surface area contributed by atoms with Gasteiger partial charge in [0.25, 0.3) is 0 Å². The third-order valence-electron chi connectivity index (χ3n) is 5.90. The normalized spacial score (nSPS) is 11.7. The second-order valence-electron chi connectivity index (χ2n) is 10.4. The van der Waals surface area contributed by atoms with Gasteiger partial charge in [0.1, 0.15) is 35.3 Å². The minimum absolute atomic E-state index is 0.0521. The second-order valence-corrected chi connectivity index (χ2v) is 12.2. The highest BCUT2D eigenvalue weighted by Gasteiger charge is 2.22. The number of nitrogens with one attached hydrogen (secondary N) is 3. The molecule has 2 aromatic carbocycles. The molecule has 0 fully saturated rings. The van der Waals surface area contributed by atoms with Crippen LogP contribution in [0.5, 0.6) is 11.5 Å². The van der Waals surface area contributed by atoms with Crippen molar-refractivity contribution >= 4 is 44.3 Å². The van der Waals surface area contributed by atoms with Crippen molar-refractivity contribution < 1.29 is 22.3 Å². The maximum atomic E-state index is 15.0. The number of hydrogen-bond donors (Lipinski definition) is 3. The van der Waals surface area contributed by atoms with E-state index in [0.717, 1.165) is 28.9 Å². The first-order valence-electron chi connectivity index (χ1n) is 12.6. The number of aromatic nitrogens is 5. The first-order chi connectivity index (χ1) is 19.8. The van der Waals surface area contributed by atoms with Crippen molar-refractivity contribution in [2.75, 3.05) is 21.6 Å². The molecule has 216 valence electrons. The van der Waals surface area contributed by atoms with E-state index in [4.69, 9.17) is 9.84 Å². The Kier molecular flexibility index (Phi) is 7.47. The fraction of sp³-hybridized carbons (Fsp3) is 0.179. The molecule has 0 aliphatic carbocycles. The van der Waals surface area contributed by atoms with E-state index in [0.29, 0.717) is 11.5 Å². The van der Waals surface area contributed by atoms with Crippen LogP contribution in [0.1, 0.15) is 26.5 Å². The molecule has 3 N–H and O–H groups in total. The van der Waals surface area contributed by atoms with Gasteiger partial charge < -0.3 is 10.1 Å². The number of carbonyl (C=O) groups excluding carboxylic acids is 1. The number of halogens is 1. The molecule has 0 atom stereocenters. The summed E-state index contributed by atoms with van der Waals surface area (Å²) in [6, 6.07) is 13.4. The first-order valence-corrected chi connectivity index (χ1v) is 14.5. The largest absolute Gasteiger partial charge is 0.457 e. The van der Waals surface area contributed by atoms with Crippen LogP contribution in [0.4, 0.5) is 26.5 Å². The molecular formula is C28H27FN8O4S. The molecule has 0 aliphatic heterocycles. The van der Waals surface area contributed by atoms with E-state index in [1.165, 1.54) is 36.8 Å². The predicted octanol–water partition coefficient (Wildman–Crippen LogP) is 5.45. The summed E-state index contributed by atoms with van der Waals surface area (Å²) < 4.78 is 47.3. The quantitative estimate of drug-likeness (QED) is 0.226. The van der Waals surface area contributed by atoms with Gasteiger partial charge in [-0.25, -0.2) is 37.2 Å². The standard InChI is InChI=1S/C28H27FN8O4S/c1-28(2,3)24-14-26(37(35-24)18-5-7-22-17(11-18)15-30-16-32-22)34-27(38)33-23-8-6-19(12-21(23)29)41-20-9-10-31-25(13-20)36-42(4,39)40/h5-16H,1-4H3,(H,31,36)(H2,33,34,38). The van der Waals surface area contributed by atoms with E-state index >= 15 is 0 Å². The van der Waals surface area contributed by atoms with Gasteiger partial charge in [0.05, 0.1) is 28.8 Å². The molecule has 3 aromatic heterocycles. The van der Waals surface area contributed by atoms with E-state index in [1.807, 2.05) is 39.0 Å². The number of hydrogen-bond acceptors (Lipinski definition) is 8. The van der Waals surface area contributed by atoms with Crippen LogP contribution in [0.25, 0.3) is 16.6 Å². The van der Waals surface area contributed by atoms with Crippen LogP contribution in [0, 0.1) is 5.82 Å². The molecule has 0 aliphatic rings. The lowest BCUT2D eigenvalue weighted by Crippen LogP contribution is -2.22. The number of carbonyl (C=O) groups is 1. The Labute approximate surface area is 241 Å². The highest BCUT2D eigenvalue weighted by molar-refractivity contribution is 7.92. The van der Waals surface area contributed by atoms with Crippen LogP contribution in [-0.4, -0.2) is 45.4 Å². The zero-order valence-corrected chi connectivity index (χ0v) is 23.9. The van der Waals surface area contributed by atoms with Crippen LogP contribution >= 0.6 is 0 Å². The van der Waals surface area contributed by atoms with Gasteiger partial charge in [-0.05, 0) is 36.4 Å². The summed E-state index contributed by atoms with van der Waals surface area (Å²) in [5, 5.41) is 10.8. The average Bonchev–Trinajstić information content (AvgIpc) is 3.33. The van der Waals surface area contributed by atoms with Gasteiger partial charge in [-0.1, -0.05) is 20.8 Å². The monoisotopic (exact) mass is 590 g/mol. The lowest BCUT2D eigenvalue weighted by Gasteiger charge is -2.14. The van der Waals surface area contributed by atoms with E-state index in [1.54, 1.807) is 16.9 Å². The number of pyridine rings is 1. The molecule has 14 heteroatoms. The van der Waals surface area contributed by atoms with Crippen molar-refractivity contribution in [3.63, 3.8) is 0 Å². The number of sulfonamides is 1. The molecule has 0 spiro atoms. The van der Waals surface area contributed by atoms with Gasteiger partial charge >= 0.3 is 6.03 Å². The number of urea groups is 1. The van der Waals surface area contributed by atoms with Crippen molar-refractivity contribution in [3.05, 3.63) is 84.8 Å². The van der Waals surface area contributed by atoms with Crippen molar-refractivity contribution in [1.29, 1.82) is 0 Å². The summed E-state index contributed by atoms with van der Waals surface area (Å²) in [6.07, 6.45) is 5.50. The van der Waals surface area contributed by atoms with Crippen LogP contribution in [0.2, 0.25) is 0 Å². The molecule has 0 saturated carbocycles. The number of fused-ring (bicyclic) bond motifs is 1. The molecule has 0 saturated heterocycles. The minimum atomic E-state index is -3.53. The molecule has 0 bridgehead atoms. The zero-order valence-electron chi connectivity index (χ0n) is 23.1. The van der Waals surface area contributed by atoms with E-state index < -0.39 is 21.9 Å². The van der Waals surface area contributed by atoms with Gasteiger partial charge in [-0.3, -0.25) is 10.0 Å². The fourth-order valence-electron chi connectivity index (χ4n) is 3.92. The molecular weight excluding hydrogens is 563 g/mol. The molecule has 2 amide bonds. The number of benzene rings is 2. The highest BCUT2D eigenvalue weighted by Crippen LogP contribution is 2.29. The first kappa shape index (κ1) is 28.4. The number of anilines is 3. The van der Waals surface area contributed by atoms with E-state index in [9.17, 15) is 17.6 Å². The Morgan fingerprint density at radius 1 is 0.976 bits per heavy atom. The highest BCUT2D eigenvalue weighted by atomic mass is 32.2. The maximum Gasteiger partial charge on any atom is 0.324 e. The van der Waals surface area contributed by atoms with Crippen molar-refractivity contribution in [1.82, 2.24) is 24.7 Å². The van der Waals surface area contributed by atoms with Crippen molar-refractivity contribution in [3.8, 4) is 17.2 Å². The number of nitrogens with zero attached hydrogens (tertiary/aromatic N) is 5. The topological polar surface area (TPSA) is 153 Å². The number of rotatable bonds is 7. The zero-order chi connectivity index (χ0) is 30.1. The summed E-state index contributed by atoms with van der Waals surface area (Å²) in [5.41, 5.74) is 1.79. The fourth-order valence-corrected chi connectivity index (χ4v) is 4.42. The lowest BCUT2D eigenvalue weighted by molar-refractivity contribution is 0.262. The minimum Gasteiger partial charge on any atom is -0.457 e. The lowest BCUT2D eigenvalue weighted by atomic mass is 9.92. The maximum absolute atomic E-state index is 15.0. The number of ether oxygens (including phenoxy) is 1. The van der Waals surface area contributed by atoms with Gasteiger partial charge in [0.15, 0.2) is 0 Å². The van der Waals surface area contributed by atoms with Crippen molar-refractivity contribution in [2.24, 2.45) is 0 Å². The third kappa shape index (κ3) is 6.78. The summed E-state index contributed by atoms with van der Waals surface area (Å²) in [5.74, 6) is 0.0476. The average molecular weight is 591 g/mol. The third-order valence-corrected chi connectivity index (χ3v) is 6.48. The molecule has 12 nitrogen and oxygen atoms in total. The Hall–Kier alpha value is -5.11. The molecule has 0 radical (unpaired) electrons. The summed E-state index contributed by atoms with van der Waals surface area (Å²) in [4.78, 5) is 25.2. The molecule has 42 heavy (non-hydrogen) atoms.